The number of likely N-dealkylation sites (tertiary alicyclic amines) is 1. The number of thioether (sulfide) groups is 1. The van der Waals surface area contributed by atoms with Gasteiger partial charge in [-0.15, -0.1) is 0 Å². The number of hydrogen-bond acceptors (Lipinski definition) is 3. The third kappa shape index (κ3) is 4.28. The number of rotatable bonds is 4. The lowest BCUT2D eigenvalue weighted by atomic mass is 10.0. The summed E-state index contributed by atoms with van der Waals surface area (Å²) in [4.78, 5) is 9.51. The highest BCUT2D eigenvalue weighted by Gasteiger charge is 2.24. The van der Waals surface area contributed by atoms with Crippen LogP contribution in [-0.2, 0) is 0 Å². The molecule has 110 valence electrons. The molecule has 0 saturated carbocycles. The topological polar surface area (TPSA) is 44.9 Å². The second-order valence-corrected chi connectivity index (χ2v) is 7.08. The summed E-state index contributed by atoms with van der Waals surface area (Å²) < 4.78 is 0. The average molecular weight is 284 g/mol. The van der Waals surface area contributed by atoms with Crippen LogP contribution in [0.15, 0.2) is 4.99 Å². The first-order chi connectivity index (χ1) is 9.18. The smallest absolute Gasteiger partial charge is 0.191 e. The lowest BCUT2D eigenvalue weighted by molar-refractivity contribution is 0.197. The van der Waals surface area contributed by atoms with Crippen LogP contribution in [0, 0.1) is 5.92 Å². The van der Waals surface area contributed by atoms with Gasteiger partial charge in [0, 0.05) is 30.6 Å². The van der Waals surface area contributed by atoms with E-state index in [0.717, 1.165) is 25.6 Å². The molecule has 1 atom stereocenters. The van der Waals surface area contributed by atoms with Crippen LogP contribution in [-0.4, -0.2) is 66.0 Å². The van der Waals surface area contributed by atoms with Gasteiger partial charge in [-0.3, -0.25) is 9.89 Å². The molecule has 2 saturated heterocycles. The maximum absolute atomic E-state index is 6.14. The number of aliphatic imine (C=N–C) groups is 1. The second-order valence-electron chi connectivity index (χ2n) is 5.85. The summed E-state index contributed by atoms with van der Waals surface area (Å²) in [6.07, 6.45) is 2.68. The van der Waals surface area contributed by atoms with Crippen LogP contribution < -0.4 is 5.73 Å². The number of nitrogens with zero attached hydrogens (tertiary/aromatic N) is 3. The summed E-state index contributed by atoms with van der Waals surface area (Å²) in [6.45, 7) is 10.0. The summed E-state index contributed by atoms with van der Waals surface area (Å²) >= 11 is 2.01. The summed E-state index contributed by atoms with van der Waals surface area (Å²) in [5.74, 6) is 3.75. The van der Waals surface area contributed by atoms with E-state index in [9.17, 15) is 0 Å². The van der Waals surface area contributed by atoms with Gasteiger partial charge in [0.25, 0.3) is 0 Å². The summed E-state index contributed by atoms with van der Waals surface area (Å²) in [7, 11) is 0. The minimum atomic E-state index is 0.556. The number of hydrogen-bond donors (Lipinski definition) is 1. The highest BCUT2D eigenvalue weighted by Crippen LogP contribution is 2.18. The molecule has 0 aromatic rings. The van der Waals surface area contributed by atoms with Gasteiger partial charge in [-0.05, 0) is 31.8 Å². The average Bonchev–Trinajstić information content (AvgIpc) is 2.93. The zero-order chi connectivity index (χ0) is 13.7. The molecule has 0 bridgehead atoms. The zero-order valence-corrected chi connectivity index (χ0v) is 13.2. The molecule has 2 aliphatic heterocycles. The zero-order valence-electron chi connectivity index (χ0n) is 12.3. The first kappa shape index (κ1) is 15.0. The molecule has 2 aliphatic rings. The minimum absolute atomic E-state index is 0.556. The molecule has 0 aromatic heterocycles. The molecule has 0 spiro atoms. The lowest BCUT2D eigenvalue weighted by Gasteiger charge is -2.31. The monoisotopic (exact) mass is 284 g/mol. The van der Waals surface area contributed by atoms with Gasteiger partial charge in [-0.25, -0.2) is 0 Å². The lowest BCUT2D eigenvalue weighted by Crippen LogP contribution is -2.44. The van der Waals surface area contributed by atoms with Crippen LogP contribution in [0.25, 0.3) is 0 Å². The third-order valence-corrected chi connectivity index (χ3v) is 5.10. The van der Waals surface area contributed by atoms with Crippen LogP contribution in [0.3, 0.4) is 0 Å². The fourth-order valence-electron chi connectivity index (χ4n) is 2.90. The standard InChI is InChI=1S/C14H28N4S/c1-12(2)13(17-5-3-4-6-17)11-16-14(15)18-7-9-19-10-8-18/h12-13H,3-11H2,1-2H3,(H2,15,16). The molecule has 0 aliphatic carbocycles. The Balaban J connectivity index is 1.89. The fourth-order valence-corrected chi connectivity index (χ4v) is 3.80. The second kappa shape index (κ2) is 7.39. The molecule has 5 heteroatoms. The van der Waals surface area contributed by atoms with Gasteiger partial charge < -0.3 is 10.6 Å². The maximum atomic E-state index is 6.14. The van der Waals surface area contributed by atoms with E-state index in [-0.39, 0.29) is 0 Å². The Morgan fingerprint density at radius 1 is 1.16 bits per heavy atom. The van der Waals surface area contributed by atoms with Crippen molar-refractivity contribution >= 4 is 17.7 Å². The molecular formula is C14H28N4S. The van der Waals surface area contributed by atoms with Crippen molar-refractivity contribution in [2.75, 3.05) is 44.2 Å². The van der Waals surface area contributed by atoms with Crippen molar-refractivity contribution in [1.82, 2.24) is 9.80 Å². The fraction of sp³-hybridized carbons (Fsp3) is 0.929. The Morgan fingerprint density at radius 2 is 1.79 bits per heavy atom. The van der Waals surface area contributed by atoms with E-state index in [1.54, 1.807) is 0 Å². The number of guanidine groups is 1. The van der Waals surface area contributed by atoms with Crippen molar-refractivity contribution < 1.29 is 0 Å². The van der Waals surface area contributed by atoms with Crippen molar-refractivity contribution in [3.8, 4) is 0 Å². The van der Waals surface area contributed by atoms with Crippen LogP contribution in [0.1, 0.15) is 26.7 Å². The molecule has 1 unspecified atom stereocenters. The van der Waals surface area contributed by atoms with Crippen molar-refractivity contribution in [3.63, 3.8) is 0 Å². The number of nitrogens with two attached hydrogens (primary N) is 1. The molecule has 19 heavy (non-hydrogen) atoms. The van der Waals surface area contributed by atoms with Crippen molar-refractivity contribution in [1.29, 1.82) is 0 Å². The van der Waals surface area contributed by atoms with Gasteiger partial charge in [-0.2, -0.15) is 11.8 Å². The Morgan fingerprint density at radius 3 is 2.37 bits per heavy atom. The van der Waals surface area contributed by atoms with Crippen LogP contribution in [0.2, 0.25) is 0 Å². The molecule has 2 fully saturated rings. The first-order valence-electron chi connectivity index (χ1n) is 7.55. The Hall–Kier alpha value is -0.420. The van der Waals surface area contributed by atoms with Crippen LogP contribution in [0.5, 0.6) is 0 Å². The Kier molecular flexibility index (Phi) is 5.82. The van der Waals surface area contributed by atoms with E-state index in [0.29, 0.717) is 12.0 Å². The molecule has 0 amide bonds. The molecular weight excluding hydrogens is 256 g/mol. The van der Waals surface area contributed by atoms with Gasteiger partial charge in [0.15, 0.2) is 5.96 Å². The van der Waals surface area contributed by atoms with Crippen LogP contribution in [0.4, 0.5) is 0 Å². The van der Waals surface area contributed by atoms with E-state index in [1.165, 1.54) is 37.4 Å². The minimum Gasteiger partial charge on any atom is -0.370 e. The SMILES string of the molecule is CC(C)C(CN=C(N)N1CCSCC1)N1CCCC1. The summed E-state index contributed by atoms with van der Waals surface area (Å²) in [5.41, 5.74) is 6.14. The van der Waals surface area contributed by atoms with Gasteiger partial charge in [0.1, 0.15) is 0 Å². The molecule has 0 aromatic carbocycles. The van der Waals surface area contributed by atoms with E-state index in [4.69, 9.17) is 5.73 Å². The molecule has 2 N–H and O–H groups in total. The largest absolute Gasteiger partial charge is 0.370 e. The molecule has 2 heterocycles. The molecule has 2 rings (SSSR count). The normalized spacial score (nSPS) is 24.2. The van der Waals surface area contributed by atoms with Crippen molar-refractivity contribution in [3.05, 3.63) is 0 Å². The van der Waals surface area contributed by atoms with E-state index >= 15 is 0 Å². The van der Waals surface area contributed by atoms with E-state index < -0.39 is 0 Å². The van der Waals surface area contributed by atoms with Gasteiger partial charge in [-0.1, -0.05) is 13.8 Å². The predicted molar refractivity (Wildman–Crippen MR) is 84.8 cm³/mol. The van der Waals surface area contributed by atoms with E-state index in [2.05, 4.69) is 28.6 Å². The van der Waals surface area contributed by atoms with Crippen LogP contribution >= 0.6 is 11.8 Å². The molecule has 0 radical (unpaired) electrons. The van der Waals surface area contributed by atoms with E-state index in [1.807, 2.05) is 11.8 Å². The summed E-state index contributed by atoms with van der Waals surface area (Å²) in [5, 5.41) is 0. The van der Waals surface area contributed by atoms with Crippen molar-refractivity contribution in [2.45, 2.75) is 32.7 Å². The van der Waals surface area contributed by atoms with Gasteiger partial charge in [0.2, 0.25) is 0 Å². The van der Waals surface area contributed by atoms with Gasteiger partial charge in [0.05, 0.1) is 6.54 Å². The predicted octanol–water partition coefficient (Wildman–Crippen LogP) is 1.47. The quantitative estimate of drug-likeness (QED) is 0.627. The highest BCUT2D eigenvalue weighted by atomic mass is 32.2. The van der Waals surface area contributed by atoms with Crippen molar-refractivity contribution in [2.24, 2.45) is 16.6 Å². The Labute approximate surface area is 121 Å². The molecule has 4 nitrogen and oxygen atoms in total. The highest BCUT2D eigenvalue weighted by molar-refractivity contribution is 7.99. The first-order valence-corrected chi connectivity index (χ1v) is 8.70. The summed E-state index contributed by atoms with van der Waals surface area (Å²) in [6, 6.07) is 0.556. The Bertz CT molecular complexity index is 294. The van der Waals surface area contributed by atoms with Gasteiger partial charge >= 0.3 is 0 Å². The third-order valence-electron chi connectivity index (χ3n) is 4.15. The maximum Gasteiger partial charge on any atom is 0.191 e.